The van der Waals surface area contributed by atoms with E-state index in [0.717, 1.165) is 12.1 Å². The molecule has 1 aromatic carbocycles. The van der Waals surface area contributed by atoms with Gasteiger partial charge in [-0.1, -0.05) is 6.92 Å². The van der Waals surface area contributed by atoms with E-state index in [4.69, 9.17) is 4.42 Å². The van der Waals surface area contributed by atoms with Crippen molar-refractivity contribution in [3.8, 4) is 0 Å². The fraction of sp³-hybridized carbons (Fsp3) is 0.286. The predicted octanol–water partition coefficient (Wildman–Crippen LogP) is 2.58. The number of nitrogens with zero attached hydrogens (tertiary/aromatic N) is 3. The van der Waals surface area contributed by atoms with Gasteiger partial charge in [0.1, 0.15) is 5.52 Å². The maximum atomic E-state index is 12.6. The van der Waals surface area contributed by atoms with Gasteiger partial charge in [-0.15, -0.1) is 0 Å². The molecule has 1 aliphatic heterocycles. The van der Waals surface area contributed by atoms with Crippen LogP contribution in [0, 0.1) is 0 Å². The lowest BCUT2D eigenvalue weighted by atomic mass is 10.3. The molecule has 0 spiro atoms. The third-order valence-corrected chi connectivity index (χ3v) is 6.40. The zero-order valence-electron chi connectivity index (χ0n) is 13.2. The van der Waals surface area contributed by atoms with Crippen LogP contribution in [0.15, 0.2) is 44.8 Å². The normalized spacial score (nSPS) is 19.2. The van der Waals surface area contributed by atoms with Gasteiger partial charge >= 0.3 is 11.5 Å². The molecule has 2 aromatic rings. The Morgan fingerprint density at radius 2 is 2.08 bits per heavy atom. The van der Waals surface area contributed by atoms with Crippen LogP contribution >= 0.6 is 0 Å². The Morgan fingerprint density at radius 1 is 1.35 bits per heavy atom. The number of benzene rings is 1. The third kappa shape index (κ3) is 3.38. The van der Waals surface area contributed by atoms with Crippen molar-refractivity contribution in [3.63, 3.8) is 0 Å². The summed E-state index contributed by atoms with van der Waals surface area (Å²) in [6.45, 7) is 1.46. The standard InChI is InChI=1S/C14H12F3N3O4S2/c1-2-26(22,23)13-18-6-3-7-20(13)12-19-10-8-9(4-5-11(10)24-12)25(21)14(15,16)17/h3-8,13H,2H2,1H3. The lowest BCUT2D eigenvalue weighted by molar-refractivity contribution is -0.0384. The van der Waals surface area contributed by atoms with Crippen molar-refractivity contribution in [1.29, 1.82) is 0 Å². The van der Waals surface area contributed by atoms with Crippen LogP contribution in [-0.2, 0) is 20.6 Å². The fourth-order valence-electron chi connectivity index (χ4n) is 2.23. The van der Waals surface area contributed by atoms with E-state index < -0.39 is 36.5 Å². The summed E-state index contributed by atoms with van der Waals surface area (Å²) in [4.78, 5) is 8.62. The van der Waals surface area contributed by atoms with Gasteiger partial charge in [0, 0.05) is 12.4 Å². The monoisotopic (exact) mass is 407 g/mol. The van der Waals surface area contributed by atoms with Crippen LogP contribution in [0.3, 0.4) is 0 Å². The first kappa shape index (κ1) is 18.6. The maximum Gasteiger partial charge on any atom is 0.475 e. The summed E-state index contributed by atoms with van der Waals surface area (Å²) in [5.41, 5.74) is -6.04. The fourth-order valence-corrected chi connectivity index (χ4v) is 3.97. The molecule has 0 amide bonds. The molecule has 3 rings (SSSR count). The number of allylic oxidation sites excluding steroid dienone is 1. The zero-order chi connectivity index (χ0) is 19.1. The largest absolute Gasteiger partial charge is 0.475 e. The molecule has 0 fully saturated rings. The average Bonchev–Trinajstić information content (AvgIpc) is 3.03. The average molecular weight is 407 g/mol. The van der Waals surface area contributed by atoms with E-state index in [-0.39, 0.29) is 22.9 Å². The van der Waals surface area contributed by atoms with Gasteiger partial charge in [0.25, 0.3) is 0 Å². The van der Waals surface area contributed by atoms with Gasteiger partial charge in [-0.25, -0.2) is 12.6 Å². The number of rotatable bonds is 4. The molecular weight excluding hydrogens is 395 g/mol. The van der Waals surface area contributed by atoms with Gasteiger partial charge in [-0.2, -0.15) is 18.2 Å². The molecule has 0 radical (unpaired) electrons. The first-order chi connectivity index (χ1) is 12.1. The van der Waals surface area contributed by atoms with Gasteiger partial charge in [0.2, 0.25) is 5.50 Å². The molecule has 0 N–H and O–H groups in total. The van der Waals surface area contributed by atoms with Crippen molar-refractivity contribution in [3.05, 3.63) is 30.5 Å². The van der Waals surface area contributed by atoms with Crippen molar-refractivity contribution in [2.45, 2.75) is 22.8 Å². The smallest absolute Gasteiger partial charge is 0.423 e. The third-order valence-electron chi connectivity index (χ3n) is 3.50. The molecule has 12 heteroatoms. The van der Waals surface area contributed by atoms with E-state index in [1.807, 2.05) is 0 Å². The molecule has 1 aromatic heterocycles. The second-order valence-electron chi connectivity index (χ2n) is 5.17. The molecule has 0 saturated carbocycles. The number of alkyl halides is 3. The van der Waals surface area contributed by atoms with E-state index in [1.165, 1.54) is 36.4 Å². The summed E-state index contributed by atoms with van der Waals surface area (Å²) in [5, 5.41) is 0. The van der Waals surface area contributed by atoms with E-state index in [9.17, 15) is 25.8 Å². The lowest BCUT2D eigenvalue weighted by Crippen LogP contribution is -2.39. The summed E-state index contributed by atoms with van der Waals surface area (Å²) in [6, 6.07) is 3.06. The Bertz CT molecular complexity index is 1030. The highest BCUT2D eigenvalue weighted by molar-refractivity contribution is 7.92. The summed E-state index contributed by atoms with van der Waals surface area (Å²) >= 11 is 0. The minimum absolute atomic E-state index is 0.0192. The first-order valence-electron chi connectivity index (χ1n) is 7.22. The SMILES string of the molecule is CCS(=O)(=O)C1N=CC=CN1c1nc2cc(S(=O)C(F)(F)F)ccc2o1. The van der Waals surface area contributed by atoms with Gasteiger partial charge in [0.15, 0.2) is 26.2 Å². The minimum Gasteiger partial charge on any atom is -0.423 e. The first-order valence-corrected chi connectivity index (χ1v) is 10.1. The summed E-state index contributed by atoms with van der Waals surface area (Å²) < 4.78 is 79.1. The van der Waals surface area contributed by atoms with Gasteiger partial charge < -0.3 is 4.42 Å². The van der Waals surface area contributed by atoms with Crippen LogP contribution in [0.4, 0.5) is 19.2 Å². The van der Waals surface area contributed by atoms with Crippen molar-refractivity contribution in [2.24, 2.45) is 4.99 Å². The van der Waals surface area contributed by atoms with Crippen LogP contribution in [0.25, 0.3) is 11.1 Å². The van der Waals surface area contributed by atoms with Crippen LogP contribution < -0.4 is 4.90 Å². The number of hydrogen-bond donors (Lipinski definition) is 0. The zero-order valence-corrected chi connectivity index (χ0v) is 14.8. The van der Waals surface area contributed by atoms with Crippen molar-refractivity contribution in [2.75, 3.05) is 10.7 Å². The molecule has 1 aliphatic rings. The number of aromatic nitrogens is 1. The van der Waals surface area contributed by atoms with Gasteiger partial charge in [-0.3, -0.25) is 9.89 Å². The van der Waals surface area contributed by atoms with Crippen molar-refractivity contribution in [1.82, 2.24) is 4.98 Å². The second kappa shape index (κ2) is 6.50. The molecule has 2 atom stereocenters. The number of fused-ring (bicyclic) bond motifs is 1. The number of sulfone groups is 1. The molecular formula is C14H12F3N3O4S2. The van der Waals surface area contributed by atoms with Crippen molar-refractivity contribution < 1.29 is 30.2 Å². The Hall–Kier alpha value is -2.21. The Morgan fingerprint density at radius 3 is 2.73 bits per heavy atom. The van der Waals surface area contributed by atoms with Crippen LogP contribution in [0.5, 0.6) is 0 Å². The number of halogens is 3. The van der Waals surface area contributed by atoms with E-state index in [0.29, 0.717) is 0 Å². The Kier molecular flexibility index (Phi) is 4.65. The summed E-state index contributed by atoms with van der Waals surface area (Å²) in [6.07, 6.45) is 4.19. The Balaban J connectivity index is 2.02. The molecule has 0 aliphatic carbocycles. The number of hydrogen-bond acceptors (Lipinski definition) is 7. The predicted molar refractivity (Wildman–Crippen MR) is 89.8 cm³/mol. The summed E-state index contributed by atoms with van der Waals surface area (Å²) in [7, 11) is -6.82. The highest BCUT2D eigenvalue weighted by atomic mass is 32.2. The molecule has 140 valence electrons. The topological polar surface area (TPSA) is 92.8 Å². The Labute approximate surface area is 148 Å². The summed E-state index contributed by atoms with van der Waals surface area (Å²) in [5.74, 6) is -0.172. The van der Waals surface area contributed by atoms with Gasteiger partial charge in [-0.05, 0) is 24.3 Å². The van der Waals surface area contributed by atoms with E-state index in [1.54, 1.807) is 0 Å². The van der Waals surface area contributed by atoms with Crippen LogP contribution in [-0.4, -0.2) is 40.6 Å². The molecule has 2 heterocycles. The van der Waals surface area contributed by atoms with Gasteiger partial charge in [0.05, 0.1) is 10.6 Å². The highest BCUT2D eigenvalue weighted by Gasteiger charge is 2.38. The van der Waals surface area contributed by atoms with Crippen LogP contribution in [0.2, 0.25) is 0 Å². The maximum absolute atomic E-state index is 12.6. The number of aliphatic imine (C=N–C) groups is 1. The molecule has 0 bridgehead atoms. The lowest BCUT2D eigenvalue weighted by Gasteiger charge is -2.25. The van der Waals surface area contributed by atoms with E-state index >= 15 is 0 Å². The minimum atomic E-state index is -4.90. The molecule has 7 nitrogen and oxygen atoms in total. The van der Waals surface area contributed by atoms with E-state index in [2.05, 4.69) is 9.98 Å². The van der Waals surface area contributed by atoms with Crippen LogP contribution in [0.1, 0.15) is 6.92 Å². The quantitative estimate of drug-likeness (QED) is 0.774. The molecule has 2 unspecified atom stereocenters. The second-order valence-corrected chi connectivity index (χ2v) is 8.96. The molecule has 0 saturated heterocycles. The number of anilines is 1. The highest BCUT2D eigenvalue weighted by Crippen LogP contribution is 2.31. The number of oxazole rings is 1. The molecule has 26 heavy (non-hydrogen) atoms. The van der Waals surface area contributed by atoms with Crippen molar-refractivity contribution >= 4 is 44.0 Å².